The van der Waals surface area contributed by atoms with Crippen LogP contribution in [0.1, 0.15) is 106 Å². The molecule has 14 heteroatoms. The van der Waals surface area contributed by atoms with Crippen molar-refractivity contribution < 1.29 is 28.7 Å². The second-order valence-corrected chi connectivity index (χ2v) is 17.3. The van der Waals surface area contributed by atoms with Gasteiger partial charge in [0.15, 0.2) is 0 Å². The van der Waals surface area contributed by atoms with Crippen LogP contribution >= 0.6 is 0 Å². The Hall–Kier alpha value is -5.79. The first-order valence-electron chi connectivity index (χ1n) is 21.5. The second-order valence-electron chi connectivity index (χ2n) is 17.3. The van der Waals surface area contributed by atoms with Crippen LogP contribution in [0.25, 0.3) is 33.6 Å². The molecule has 0 spiro atoms. The number of likely N-dealkylation sites (tertiary alicyclic amines) is 2. The van der Waals surface area contributed by atoms with Crippen molar-refractivity contribution in [3.05, 3.63) is 70.6 Å². The van der Waals surface area contributed by atoms with Crippen LogP contribution in [0, 0.1) is 17.8 Å². The lowest BCUT2D eigenvalue weighted by Gasteiger charge is -2.37. The number of ether oxygens (including phenoxy) is 2. The minimum Gasteiger partial charge on any atom is -0.453 e. The molecule has 0 bridgehead atoms. The number of imidazole rings is 2. The minimum atomic E-state index is -0.713. The summed E-state index contributed by atoms with van der Waals surface area (Å²) in [6, 6.07) is 12.3. The van der Waals surface area contributed by atoms with Gasteiger partial charge in [-0.2, -0.15) is 4.99 Å². The zero-order chi connectivity index (χ0) is 42.2. The molecule has 2 aromatic carbocycles. The predicted octanol–water partition coefficient (Wildman–Crippen LogP) is 7.54. The van der Waals surface area contributed by atoms with E-state index in [9.17, 15) is 19.2 Å². The second kappa shape index (κ2) is 17.1. The van der Waals surface area contributed by atoms with Crippen molar-refractivity contribution >= 4 is 30.2 Å². The number of benzene rings is 2. The highest BCUT2D eigenvalue weighted by Gasteiger charge is 2.39. The van der Waals surface area contributed by atoms with E-state index in [1.54, 1.807) is 0 Å². The standard InChI is InChI=1S/C46H56N8O6/c1-25(2)33(24-47-45(57)59-5)43(55)53-20-8-7-10-36(53)41-48-34-18-14-29-22-27(12-16-31(29)39(34)50-41)28-13-17-32-30(23-28)15-19-35-40(32)51-42(49-35)37-11-9-21-54(37)44(56)38(26(3)4)52-46(58)60-6/h12-13,16-17,22-26,33,36-38H,7-11,14-15,18-21H2,1-6H3,(H,48,50)(H,49,51)(H,52,58)/b47-24+/t33?,36-,37-,38?/m0/s1. The fourth-order valence-electron chi connectivity index (χ4n) is 9.50. The Morgan fingerprint density at radius 2 is 1.28 bits per heavy atom. The van der Waals surface area contributed by atoms with Gasteiger partial charge in [-0.05, 0) is 91.9 Å². The number of alkyl carbamates (subject to hydrolysis) is 1. The minimum absolute atomic E-state index is 0.0420. The van der Waals surface area contributed by atoms with E-state index in [4.69, 9.17) is 14.7 Å². The number of aromatic amines is 2. The van der Waals surface area contributed by atoms with Crippen LogP contribution in [0.3, 0.4) is 0 Å². The van der Waals surface area contributed by atoms with Gasteiger partial charge in [0.2, 0.25) is 11.8 Å². The van der Waals surface area contributed by atoms with Gasteiger partial charge in [0.1, 0.15) is 17.7 Å². The number of hydrogen-bond donors (Lipinski definition) is 3. The highest BCUT2D eigenvalue weighted by Crippen LogP contribution is 2.41. The molecular weight excluding hydrogens is 761 g/mol. The summed E-state index contributed by atoms with van der Waals surface area (Å²) in [6.45, 7) is 9.01. The number of aliphatic imine (C=N–C) groups is 1. The van der Waals surface area contributed by atoms with Crippen molar-refractivity contribution in [2.24, 2.45) is 22.7 Å². The summed E-state index contributed by atoms with van der Waals surface area (Å²) in [5, 5.41) is 2.73. The number of H-pyrrole nitrogens is 2. The van der Waals surface area contributed by atoms with Gasteiger partial charge in [-0.3, -0.25) is 9.59 Å². The molecular formula is C46H56N8O6. The first-order valence-corrected chi connectivity index (χ1v) is 21.5. The molecule has 14 nitrogen and oxygen atoms in total. The highest BCUT2D eigenvalue weighted by molar-refractivity contribution is 5.97. The third-order valence-corrected chi connectivity index (χ3v) is 12.8. The Bertz CT molecular complexity index is 2330. The summed E-state index contributed by atoms with van der Waals surface area (Å²) in [5.41, 5.74) is 11.1. The number of piperidine rings is 1. The van der Waals surface area contributed by atoms with E-state index in [1.165, 1.54) is 31.6 Å². The lowest BCUT2D eigenvalue weighted by molar-refractivity contribution is -0.138. The summed E-state index contributed by atoms with van der Waals surface area (Å²) in [7, 11) is 2.58. The van der Waals surface area contributed by atoms with Gasteiger partial charge < -0.3 is 34.6 Å². The zero-order valence-electron chi connectivity index (χ0n) is 35.5. The van der Waals surface area contributed by atoms with Crippen molar-refractivity contribution in [1.82, 2.24) is 35.1 Å². The van der Waals surface area contributed by atoms with E-state index in [1.807, 2.05) is 37.5 Å². The van der Waals surface area contributed by atoms with Crippen LogP contribution in [0.4, 0.5) is 9.59 Å². The molecule has 2 fully saturated rings. The number of aryl methyl sites for hydroxylation is 4. The molecule has 2 aromatic heterocycles. The van der Waals surface area contributed by atoms with Crippen molar-refractivity contribution in [2.45, 2.75) is 104 Å². The number of rotatable bonds is 9. The Balaban J connectivity index is 1.01. The smallest absolute Gasteiger partial charge is 0.432 e. The molecule has 316 valence electrons. The fourth-order valence-corrected chi connectivity index (χ4v) is 9.50. The number of carbonyl (C=O) groups excluding carboxylic acids is 4. The molecule has 0 saturated carbocycles. The molecule has 4 aliphatic rings. The number of amides is 4. The number of methoxy groups -OCH3 is 2. The van der Waals surface area contributed by atoms with Gasteiger partial charge >= 0.3 is 12.2 Å². The Kier molecular flexibility index (Phi) is 11.6. The Morgan fingerprint density at radius 1 is 0.733 bits per heavy atom. The molecule has 3 N–H and O–H groups in total. The van der Waals surface area contributed by atoms with Crippen molar-refractivity contribution in [2.75, 3.05) is 27.3 Å². The monoisotopic (exact) mass is 816 g/mol. The van der Waals surface area contributed by atoms with Gasteiger partial charge in [-0.15, -0.1) is 0 Å². The summed E-state index contributed by atoms with van der Waals surface area (Å²) < 4.78 is 9.49. The molecule has 4 amide bonds. The van der Waals surface area contributed by atoms with Crippen LogP contribution in [-0.2, 0) is 44.7 Å². The van der Waals surface area contributed by atoms with E-state index >= 15 is 0 Å². The molecule has 2 aliphatic carbocycles. The molecule has 8 rings (SSSR count). The third kappa shape index (κ3) is 7.83. The van der Waals surface area contributed by atoms with Crippen molar-refractivity contribution in [3.63, 3.8) is 0 Å². The van der Waals surface area contributed by atoms with E-state index in [-0.39, 0.29) is 35.7 Å². The first kappa shape index (κ1) is 41.0. The normalized spacial score (nSPS) is 19.4. The summed E-state index contributed by atoms with van der Waals surface area (Å²) in [4.78, 5) is 76.7. The predicted molar refractivity (Wildman–Crippen MR) is 227 cm³/mol. The maximum atomic E-state index is 14.0. The third-order valence-electron chi connectivity index (χ3n) is 12.8. The van der Waals surface area contributed by atoms with Gasteiger partial charge in [-0.25, -0.2) is 19.6 Å². The van der Waals surface area contributed by atoms with E-state index in [2.05, 4.69) is 61.4 Å². The molecule has 0 radical (unpaired) electrons. The van der Waals surface area contributed by atoms with Crippen LogP contribution in [-0.4, -0.2) is 93.3 Å². The SMILES string of the molecule is COC(=O)/N=C/C(C(=O)N1CCCC[C@H]1c1nc2c([nH]1)CCc1cc(-c3ccc4c(c3)CCc3[nH]c([C@@H]5CCCN5C(=O)C(NC(=O)OC)C(C)C)nc3-4)ccc1-2)C(C)C. The van der Waals surface area contributed by atoms with E-state index in [0.717, 1.165) is 114 Å². The number of nitrogens with zero attached hydrogens (tertiary/aromatic N) is 5. The quantitative estimate of drug-likeness (QED) is 0.145. The van der Waals surface area contributed by atoms with Crippen molar-refractivity contribution in [3.8, 4) is 33.6 Å². The van der Waals surface area contributed by atoms with E-state index < -0.39 is 24.1 Å². The van der Waals surface area contributed by atoms with Crippen LogP contribution in [0.5, 0.6) is 0 Å². The molecule has 2 unspecified atom stereocenters. The van der Waals surface area contributed by atoms with Crippen LogP contribution in [0.2, 0.25) is 0 Å². The van der Waals surface area contributed by atoms with Gasteiger partial charge in [-0.1, -0.05) is 64.1 Å². The number of carbonyl (C=O) groups is 4. The summed E-state index contributed by atoms with van der Waals surface area (Å²) in [5.74, 6) is 0.765. The first-order chi connectivity index (χ1) is 28.9. The van der Waals surface area contributed by atoms with E-state index in [0.29, 0.717) is 13.1 Å². The molecule has 2 saturated heterocycles. The number of nitrogens with one attached hydrogen (secondary N) is 3. The highest BCUT2D eigenvalue weighted by atomic mass is 16.5. The number of fused-ring (bicyclic) bond motifs is 6. The number of aromatic nitrogens is 4. The summed E-state index contributed by atoms with van der Waals surface area (Å²) in [6.07, 6.45) is 7.94. The summed E-state index contributed by atoms with van der Waals surface area (Å²) >= 11 is 0. The largest absolute Gasteiger partial charge is 0.453 e. The molecule has 2 aliphatic heterocycles. The number of hydrogen-bond acceptors (Lipinski definition) is 8. The maximum Gasteiger partial charge on any atom is 0.432 e. The van der Waals surface area contributed by atoms with Crippen molar-refractivity contribution in [1.29, 1.82) is 0 Å². The zero-order valence-corrected chi connectivity index (χ0v) is 35.5. The molecule has 4 aromatic rings. The van der Waals surface area contributed by atoms with Gasteiger partial charge in [0.05, 0.1) is 43.6 Å². The van der Waals surface area contributed by atoms with Crippen LogP contribution in [0.15, 0.2) is 41.4 Å². The lowest BCUT2D eigenvalue weighted by atomic mass is 9.87. The van der Waals surface area contributed by atoms with Gasteiger partial charge in [0.25, 0.3) is 0 Å². The molecule has 60 heavy (non-hydrogen) atoms. The average Bonchev–Trinajstić information content (AvgIpc) is 4.03. The lowest BCUT2D eigenvalue weighted by Crippen LogP contribution is -2.51. The van der Waals surface area contributed by atoms with Gasteiger partial charge in [0, 0.05) is 41.8 Å². The topological polar surface area (TPSA) is 175 Å². The Morgan fingerprint density at radius 3 is 1.82 bits per heavy atom. The maximum absolute atomic E-state index is 14.0. The Labute approximate surface area is 350 Å². The fraction of sp³-hybridized carbons (Fsp3) is 0.500. The molecule has 4 atom stereocenters. The average molecular weight is 817 g/mol. The molecule has 4 heterocycles. The van der Waals surface area contributed by atoms with Crippen LogP contribution < -0.4 is 5.32 Å².